The lowest BCUT2D eigenvalue weighted by molar-refractivity contribution is -0.389. The van der Waals surface area contributed by atoms with Crippen molar-refractivity contribution in [3.05, 3.63) is 69.5 Å². The number of halogens is 1. The fourth-order valence-electron chi connectivity index (χ4n) is 2.33. The number of nitrogens with zero attached hydrogens (tertiary/aromatic N) is 5. The number of nitrogens with one attached hydrogen (secondary N) is 1. The van der Waals surface area contributed by atoms with Gasteiger partial charge in [-0.1, -0.05) is 23.7 Å². The Hall–Kier alpha value is -3.20. The highest BCUT2D eigenvalue weighted by Crippen LogP contribution is 2.13. The molecular formula is C16H15ClN6O3. The number of rotatable bonds is 7. The third kappa shape index (κ3) is 4.67. The smallest absolute Gasteiger partial charge is 0.358 e. The van der Waals surface area contributed by atoms with Crippen LogP contribution in [0.5, 0.6) is 0 Å². The molecule has 0 atom stereocenters. The predicted molar refractivity (Wildman–Crippen MR) is 94.9 cm³/mol. The molecular weight excluding hydrogens is 360 g/mol. The third-order valence-corrected chi connectivity index (χ3v) is 3.76. The zero-order chi connectivity index (χ0) is 18.5. The fraction of sp³-hybridized carbons (Fsp3) is 0.188. The Kier molecular flexibility index (Phi) is 5.28. The molecule has 0 aliphatic carbocycles. The van der Waals surface area contributed by atoms with Crippen LogP contribution in [0.1, 0.15) is 12.0 Å². The third-order valence-electron chi connectivity index (χ3n) is 3.52. The lowest BCUT2D eigenvalue weighted by Gasteiger charge is -2.03. The normalized spacial score (nSPS) is 10.7. The van der Waals surface area contributed by atoms with Gasteiger partial charge in [0.15, 0.2) is 5.82 Å². The van der Waals surface area contributed by atoms with Gasteiger partial charge < -0.3 is 15.4 Å². The van der Waals surface area contributed by atoms with Crippen molar-refractivity contribution in [2.24, 2.45) is 0 Å². The minimum Gasteiger partial charge on any atom is -0.358 e. The average molecular weight is 375 g/mol. The lowest BCUT2D eigenvalue weighted by Crippen LogP contribution is -2.15. The van der Waals surface area contributed by atoms with E-state index in [4.69, 9.17) is 11.6 Å². The number of nitro groups is 1. The van der Waals surface area contributed by atoms with Crippen LogP contribution in [0.2, 0.25) is 5.02 Å². The number of benzene rings is 1. The maximum atomic E-state index is 12.0. The van der Waals surface area contributed by atoms with Crippen molar-refractivity contribution in [2.45, 2.75) is 19.5 Å². The number of carbonyl (C=O) groups is 1. The van der Waals surface area contributed by atoms with Gasteiger partial charge in [-0.3, -0.25) is 9.48 Å². The van der Waals surface area contributed by atoms with E-state index < -0.39 is 4.92 Å². The van der Waals surface area contributed by atoms with E-state index in [9.17, 15) is 14.9 Å². The van der Waals surface area contributed by atoms with Crippen molar-refractivity contribution in [1.29, 1.82) is 0 Å². The molecule has 9 nitrogen and oxygen atoms in total. The Labute approximate surface area is 153 Å². The number of carbonyl (C=O) groups excluding carboxylic acids is 1. The molecule has 1 aromatic carbocycles. The highest BCUT2D eigenvalue weighted by molar-refractivity contribution is 6.30. The van der Waals surface area contributed by atoms with E-state index >= 15 is 0 Å². The summed E-state index contributed by atoms with van der Waals surface area (Å²) in [5.74, 6) is -0.0650. The number of anilines is 1. The van der Waals surface area contributed by atoms with Crippen LogP contribution in [0.3, 0.4) is 0 Å². The van der Waals surface area contributed by atoms with E-state index in [1.165, 1.54) is 16.9 Å². The minimum atomic E-state index is -0.580. The van der Waals surface area contributed by atoms with Crippen molar-refractivity contribution in [2.75, 3.05) is 5.32 Å². The molecule has 0 aliphatic rings. The van der Waals surface area contributed by atoms with Gasteiger partial charge in [0.25, 0.3) is 0 Å². The van der Waals surface area contributed by atoms with Crippen LogP contribution in [0.25, 0.3) is 0 Å². The molecule has 10 heteroatoms. The van der Waals surface area contributed by atoms with Crippen LogP contribution >= 0.6 is 11.6 Å². The Morgan fingerprint density at radius 2 is 2.00 bits per heavy atom. The van der Waals surface area contributed by atoms with E-state index in [0.717, 1.165) is 5.56 Å². The van der Waals surface area contributed by atoms with Gasteiger partial charge in [-0.2, -0.15) is 9.78 Å². The van der Waals surface area contributed by atoms with E-state index in [1.54, 1.807) is 23.0 Å². The van der Waals surface area contributed by atoms with E-state index in [-0.39, 0.29) is 24.7 Å². The lowest BCUT2D eigenvalue weighted by atomic mass is 10.2. The molecule has 0 saturated heterocycles. The van der Waals surface area contributed by atoms with Gasteiger partial charge in [-0.25, -0.2) is 0 Å². The molecule has 0 spiro atoms. The molecule has 3 rings (SSSR count). The molecule has 0 fully saturated rings. The standard InChI is InChI=1S/C16H15ClN6O3/c17-13-3-1-2-12(10-13)11-22-7-4-14(19-22)18-16(24)6-9-21-8-5-15(20-21)23(25)26/h1-5,7-8,10H,6,9,11H2,(H,18,19,24). The summed E-state index contributed by atoms with van der Waals surface area (Å²) in [6.45, 7) is 0.774. The van der Waals surface area contributed by atoms with Crippen LogP contribution in [-0.4, -0.2) is 30.4 Å². The Bertz CT molecular complexity index is 935. The summed E-state index contributed by atoms with van der Waals surface area (Å²) in [7, 11) is 0. The van der Waals surface area contributed by atoms with Gasteiger partial charge in [-0.05, 0) is 22.6 Å². The topological polar surface area (TPSA) is 108 Å². The molecule has 1 N–H and O–H groups in total. The minimum absolute atomic E-state index is 0.125. The zero-order valence-corrected chi connectivity index (χ0v) is 14.3. The quantitative estimate of drug-likeness (QED) is 0.505. The summed E-state index contributed by atoms with van der Waals surface area (Å²) < 4.78 is 3.05. The van der Waals surface area contributed by atoms with Crippen LogP contribution < -0.4 is 5.32 Å². The molecule has 0 aliphatic heterocycles. The summed E-state index contributed by atoms with van der Waals surface area (Å²) in [4.78, 5) is 22.0. The molecule has 26 heavy (non-hydrogen) atoms. The van der Waals surface area contributed by atoms with Crippen LogP contribution in [0.4, 0.5) is 11.6 Å². The molecule has 0 unspecified atom stereocenters. The SMILES string of the molecule is O=C(CCn1ccc([N+](=O)[O-])n1)Nc1ccn(Cc2cccc(Cl)c2)n1. The Morgan fingerprint density at radius 3 is 2.73 bits per heavy atom. The zero-order valence-electron chi connectivity index (χ0n) is 13.6. The van der Waals surface area contributed by atoms with Crippen molar-refractivity contribution in [1.82, 2.24) is 19.6 Å². The molecule has 0 saturated carbocycles. The van der Waals surface area contributed by atoms with Crippen LogP contribution in [-0.2, 0) is 17.9 Å². The van der Waals surface area contributed by atoms with Crippen molar-refractivity contribution >= 4 is 29.1 Å². The van der Waals surface area contributed by atoms with Crippen LogP contribution in [0.15, 0.2) is 48.8 Å². The molecule has 0 radical (unpaired) electrons. The summed E-state index contributed by atoms with van der Waals surface area (Å²) in [5.41, 5.74) is 0.999. The second-order valence-corrected chi connectivity index (χ2v) is 5.96. The maximum Gasteiger partial charge on any atom is 0.389 e. The van der Waals surface area contributed by atoms with Gasteiger partial charge in [0.2, 0.25) is 5.91 Å². The number of aromatic nitrogens is 4. The second-order valence-electron chi connectivity index (χ2n) is 5.52. The van der Waals surface area contributed by atoms with Crippen molar-refractivity contribution in [3.63, 3.8) is 0 Å². The summed E-state index contributed by atoms with van der Waals surface area (Å²) >= 11 is 5.96. The number of amides is 1. The summed E-state index contributed by atoms with van der Waals surface area (Å²) in [6, 6.07) is 10.4. The van der Waals surface area contributed by atoms with Crippen molar-refractivity contribution < 1.29 is 9.72 Å². The fourth-order valence-corrected chi connectivity index (χ4v) is 2.55. The van der Waals surface area contributed by atoms with Crippen LogP contribution in [0, 0.1) is 10.1 Å². The predicted octanol–water partition coefficient (Wildman–Crippen LogP) is 2.72. The Balaban J connectivity index is 1.51. The molecule has 2 heterocycles. The average Bonchev–Trinajstić information content (AvgIpc) is 3.23. The van der Waals surface area contributed by atoms with Gasteiger partial charge >= 0.3 is 5.82 Å². The maximum absolute atomic E-state index is 12.0. The van der Waals surface area contributed by atoms with E-state index in [0.29, 0.717) is 17.4 Å². The van der Waals surface area contributed by atoms with E-state index in [2.05, 4.69) is 15.5 Å². The highest BCUT2D eigenvalue weighted by Gasteiger charge is 2.12. The van der Waals surface area contributed by atoms with Gasteiger partial charge in [0.1, 0.15) is 0 Å². The first kappa shape index (κ1) is 17.6. The van der Waals surface area contributed by atoms with E-state index in [1.807, 2.05) is 18.2 Å². The molecule has 2 aromatic heterocycles. The number of hydrogen-bond donors (Lipinski definition) is 1. The first-order valence-electron chi connectivity index (χ1n) is 7.75. The molecule has 134 valence electrons. The van der Waals surface area contributed by atoms with Gasteiger partial charge in [0.05, 0.1) is 30.5 Å². The first-order valence-corrected chi connectivity index (χ1v) is 8.13. The second kappa shape index (κ2) is 7.79. The highest BCUT2D eigenvalue weighted by atomic mass is 35.5. The van der Waals surface area contributed by atoms with Gasteiger partial charge in [-0.15, -0.1) is 0 Å². The number of hydrogen-bond acceptors (Lipinski definition) is 5. The monoisotopic (exact) mass is 374 g/mol. The molecule has 1 amide bonds. The number of aryl methyl sites for hydroxylation is 1. The molecule has 3 aromatic rings. The van der Waals surface area contributed by atoms with Gasteiger partial charge in [0, 0.05) is 23.7 Å². The first-order chi connectivity index (χ1) is 12.5. The summed E-state index contributed by atoms with van der Waals surface area (Å²) in [6.07, 6.45) is 3.35. The summed E-state index contributed by atoms with van der Waals surface area (Å²) in [5, 5.41) is 22.0. The van der Waals surface area contributed by atoms with Crippen molar-refractivity contribution in [3.8, 4) is 0 Å². The molecule has 0 bridgehead atoms. The largest absolute Gasteiger partial charge is 0.389 e. The Morgan fingerprint density at radius 1 is 1.19 bits per heavy atom.